The lowest BCUT2D eigenvalue weighted by molar-refractivity contribution is 0.117. The van der Waals surface area contributed by atoms with Crippen molar-refractivity contribution >= 4 is 9.84 Å². The van der Waals surface area contributed by atoms with Crippen molar-refractivity contribution < 1.29 is 8.42 Å². The number of nitriles is 1. The second kappa shape index (κ2) is 7.22. The van der Waals surface area contributed by atoms with E-state index in [1.807, 2.05) is 6.92 Å². The molecule has 5 nitrogen and oxygen atoms in total. The van der Waals surface area contributed by atoms with Gasteiger partial charge in [-0.15, -0.1) is 0 Å². The highest BCUT2D eigenvalue weighted by Crippen LogP contribution is 2.09. The monoisotopic (exact) mass is 287 g/mol. The molecule has 1 atom stereocenters. The predicted molar refractivity (Wildman–Crippen MR) is 76.6 cm³/mol. The molecular formula is C13H25N3O2S. The van der Waals surface area contributed by atoms with Gasteiger partial charge in [-0.05, 0) is 20.3 Å². The van der Waals surface area contributed by atoms with Crippen LogP contribution in [0.3, 0.4) is 0 Å². The van der Waals surface area contributed by atoms with Crippen molar-refractivity contribution in [3.8, 4) is 6.07 Å². The van der Waals surface area contributed by atoms with E-state index in [1.54, 1.807) is 13.8 Å². The molecule has 0 N–H and O–H groups in total. The number of sulfone groups is 1. The summed E-state index contributed by atoms with van der Waals surface area (Å²) in [4.78, 5) is 4.37. The van der Waals surface area contributed by atoms with Gasteiger partial charge in [-0.25, -0.2) is 8.42 Å². The number of rotatable bonds is 6. The van der Waals surface area contributed by atoms with Gasteiger partial charge in [0.2, 0.25) is 0 Å². The summed E-state index contributed by atoms with van der Waals surface area (Å²) in [7, 11) is -2.94. The molecule has 0 saturated carbocycles. The van der Waals surface area contributed by atoms with Crippen LogP contribution in [0.2, 0.25) is 0 Å². The Morgan fingerprint density at radius 1 is 1.21 bits per heavy atom. The lowest BCUT2D eigenvalue weighted by Crippen LogP contribution is -2.50. The van der Waals surface area contributed by atoms with Crippen LogP contribution in [0.4, 0.5) is 0 Å². The molecule has 6 heteroatoms. The molecule has 0 amide bonds. The minimum atomic E-state index is -2.94. The van der Waals surface area contributed by atoms with Crippen LogP contribution in [-0.4, -0.2) is 68.0 Å². The van der Waals surface area contributed by atoms with Crippen molar-refractivity contribution in [2.75, 3.05) is 38.5 Å². The van der Waals surface area contributed by atoms with E-state index in [9.17, 15) is 8.42 Å². The number of nitrogens with zero attached hydrogens (tertiary/aromatic N) is 3. The maximum Gasteiger partial charge on any atom is 0.153 e. The summed E-state index contributed by atoms with van der Waals surface area (Å²) in [5, 5.41) is 8.74. The summed E-state index contributed by atoms with van der Waals surface area (Å²) < 4.78 is 23.5. The molecule has 0 spiro atoms. The topological polar surface area (TPSA) is 64.4 Å². The van der Waals surface area contributed by atoms with Gasteiger partial charge in [0.05, 0.1) is 23.1 Å². The quantitative estimate of drug-likeness (QED) is 0.720. The molecule has 0 aromatic carbocycles. The van der Waals surface area contributed by atoms with Crippen molar-refractivity contribution in [2.45, 2.75) is 38.5 Å². The third kappa shape index (κ3) is 4.75. The fourth-order valence-corrected chi connectivity index (χ4v) is 3.21. The molecule has 0 aromatic rings. The lowest BCUT2D eigenvalue weighted by atomic mass is 10.2. The Balaban J connectivity index is 2.37. The first-order chi connectivity index (χ1) is 8.90. The fraction of sp³-hybridized carbons (Fsp3) is 0.923. The van der Waals surface area contributed by atoms with E-state index in [1.165, 1.54) is 0 Å². The second-order valence-electron chi connectivity index (χ2n) is 5.35. The summed E-state index contributed by atoms with van der Waals surface area (Å²) in [5.41, 5.74) is 0. The Kier molecular flexibility index (Phi) is 6.24. The number of hydrogen-bond donors (Lipinski definition) is 0. The molecule has 1 fully saturated rings. The summed E-state index contributed by atoms with van der Waals surface area (Å²) >= 11 is 0. The third-order valence-electron chi connectivity index (χ3n) is 3.79. The fourth-order valence-electron chi connectivity index (χ4n) is 2.22. The molecule has 0 aliphatic carbocycles. The van der Waals surface area contributed by atoms with Gasteiger partial charge in [-0.2, -0.15) is 5.26 Å². The minimum absolute atomic E-state index is 0.00143. The van der Waals surface area contributed by atoms with Crippen molar-refractivity contribution in [3.63, 3.8) is 0 Å². The van der Waals surface area contributed by atoms with E-state index in [0.29, 0.717) is 6.54 Å². The maximum atomic E-state index is 11.8. The second-order valence-corrected chi connectivity index (χ2v) is 8.02. The van der Waals surface area contributed by atoms with Gasteiger partial charge in [0.1, 0.15) is 0 Å². The zero-order valence-electron chi connectivity index (χ0n) is 12.2. The summed E-state index contributed by atoms with van der Waals surface area (Å²) in [6, 6.07) is 2.32. The Labute approximate surface area is 117 Å². The van der Waals surface area contributed by atoms with Crippen LogP contribution in [-0.2, 0) is 9.84 Å². The molecule has 110 valence electrons. The SMILES string of the molecule is CCC(C#N)N1CCN(CCS(=O)(=O)C(C)C)CC1. The predicted octanol–water partition coefficient (Wildman–Crippen LogP) is 0.729. The van der Waals surface area contributed by atoms with E-state index >= 15 is 0 Å². The Morgan fingerprint density at radius 3 is 2.21 bits per heavy atom. The summed E-state index contributed by atoms with van der Waals surface area (Å²) in [6.45, 7) is 9.50. The van der Waals surface area contributed by atoms with Crippen LogP contribution >= 0.6 is 0 Å². The maximum absolute atomic E-state index is 11.8. The van der Waals surface area contributed by atoms with Crippen molar-refractivity contribution in [1.82, 2.24) is 9.80 Å². The van der Waals surface area contributed by atoms with E-state index in [-0.39, 0.29) is 17.0 Å². The molecule has 1 unspecified atom stereocenters. The zero-order valence-corrected chi connectivity index (χ0v) is 13.0. The van der Waals surface area contributed by atoms with Gasteiger partial charge in [0, 0.05) is 32.7 Å². The first-order valence-electron chi connectivity index (χ1n) is 6.98. The van der Waals surface area contributed by atoms with Gasteiger partial charge < -0.3 is 0 Å². The highest BCUT2D eigenvalue weighted by molar-refractivity contribution is 7.92. The largest absolute Gasteiger partial charge is 0.300 e. The van der Waals surface area contributed by atoms with Crippen molar-refractivity contribution in [2.24, 2.45) is 0 Å². The molecule has 0 bridgehead atoms. The molecule has 1 aliphatic heterocycles. The van der Waals surface area contributed by atoms with E-state index in [4.69, 9.17) is 5.26 Å². The van der Waals surface area contributed by atoms with Crippen LogP contribution in [0.25, 0.3) is 0 Å². The molecule has 1 saturated heterocycles. The Bertz CT molecular complexity index is 406. The van der Waals surface area contributed by atoms with Gasteiger partial charge in [-0.1, -0.05) is 6.92 Å². The minimum Gasteiger partial charge on any atom is -0.300 e. The van der Waals surface area contributed by atoms with Crippen molar-refractivity contribution in [1.29, 1.82) is 5.26 Å². The molecule has 0 aromatic heterocycles. The van der Waals surface area contributed by atoms with E-state index in [2.05, 4.69) is 15.9 Å². The highest BCUT2D eigenvalue weighted by Gasteiger charge is 2.24. The zero-order chi connectivity index (χ0) is 14.5. The summed E-state index contributed by atoms with van der Waals surface area (Å²) in [6.07, 6.45) is 0.845. The van der Waals surface area contributed by atoms with Crippen LogP contribution in [0.5, 0.6) is 0 Å². The Morgan fingerprint density at radius 2 is 1.79 bits per heavy atom. The lowest BCUT2D eigenvalue weighted by Gasteiger charge is -2.36. The average molecular weight is 287 g/mol. The normalized spacial score (nSPS) is 20.4. The first kappa shape index (κ1) is 16.4. The number of hydrogen-bond acceptors (Lipinski definition) is 5. The van der Waals surface area contributed by atoms with Gasteiger partial charge in [-0.3, -0.25) is 9.80 Å². The molecule has 19 heavy (non-hydrogen) atoms. The number of piperazine rings is 1. The van der Waals surface area contributed by atoms with Gasteiger partial charge in [0.15, 0.2) is 9.84 Å². The standard InChI is InChI=1S/C13H25N3O2S/c1-4-13(11-14)16-7-5-15(6-8-16)9-10-19(17,18)12(2)3/h12-13H,4-10H2,1-3H3. The molecule has 1 rings (SSSR count). The smallest absolute Gasteiger partial charge is 0.153 e. The Hall–Kier alpha value is -0.640. The van der Waals surface area contributed by atoms with Crippen molar-refractivity contribution in [3.05, 3.63) is 0 Å². The highest BCUT2D eigenvalue weighted by atomic mass is 32.2. The molecular weight excluding hydrogens is 262 g/mol. The van der Waals surface area contributed by atoms with Gasteiger partial charge >= 0.3 is 0 Å². The van der Waals surface area contributed by atoms with Crippen LogP contribution in [0.15, 0.2) is 0 Å². The van der Waals surface area contributed by atoms with Crippen LogP contribution in [0, 0.1) is 11.3 Å². The van der Waals surface area contributed by atoms with Crippen LogP contribution in [0.1, 0.15) is 27.2 Å². The molecule has 0 radical (unpaired) electrons. The molecule has 1 heterocycles. The first-order valence-corrected chi connectivity index (χ1v) is 8.69. The van der Waals surface area contributed by atoms with E-state index < -0.39 is 9.84 Å². The molecule has 1 aliphatic rings. The third-order valence-corrected chi connectivity index (χ3v) is 5.98. The summed E-state index contributed by atoms with van der Waals surface area (Å²) in [5.74, 6) is 0.236. The van der Waals surface area contributed by atoms with Crippen LogP contribution < -0.4 is 0 Å². The van der Waals surface area contributed by atoms with Gasteiger partial charge in [0.25, 0.3) is 0 Å². The average Bonchev–Trinajstić information content (AvgIpc) is 2.39. The van der Waals surface area contributed by atoms with E-state index in [0.717, 1.165) is 32.6 Å².